The van der Waals surface area contributed by atoms with E-state index in [0.717, 1.165) is 21.8 Å². The van der Waals surface area contributed by atoms with Crippen molar-refractivity contribution in [1.29, 1.82) is 0 Å². The number of anilines is 1. The zero-order valence-electron chi connectivity index (χ0n) is 11.9. The Kier molecular flexibility index (Phi) is 5.13. The summed E-state index contributed by atoms with van der Waals surface area (Å²) in [7, 11) is 0. The summed E-state index contributed by atoms with van der Waals surface area (Å²) in [6.45, 7) is -2.11. The molecule has 10 nitrogen and oxygen atoms in total. The molecule has 130 valence electrons. The molecule has 0 aliphatic rings. The van der Waals surface area contributed by atoms with Crippen LogP contribution in [-0.2, 0) is 22.8 Å². The van der Waals surface area contributed by atoms with Gasteiger partial charge in [0.2, 0.25) is 5.91 Å². The number of rotatable bonds is 7. The molecule has 0 spiro atoms. The lowest BCUT2D eigenvalue weighted by Gasteiger charge is -2.07. The Balaban J connectivity index is 1.82. The lowest BCUT2D eigenvalue weighted by Crippen LogP contribution is -2.19. The molecule has 0 aliphatic carbocycles. The van der Waals surface area contributed by atoms with E-state index in [4.69, 9.17) is 0 Å². The first-order valence-electron chi connectivity index (χ1n) is 6.36. The predicted octanol–water partition coefficient (Wildman–Crippen LogP) is 1.16. The third-order valence-electron chi connectivity index (χ3n) is 2.54. The van der Waals surface area contributed by atoms with Crippen LogP contribution in [0.2, 0.25) is 0 Å². The zero-order valence-corrected chi connectivity index (χ0v) is 11.9. The Morgan fingerprint density at radius 2 is 2.00 bits per heavy atom. The topological polar surface area (TPSA) is 117 Å². The van der Waals surface area contributed by atoms with Gasteiger partial charge in [0.05, 0.1) is 23.0 Å². The molecule has 2 rings (SSSR count). The Bertz CT molecular complexity index is 725. The smallest absolute Gasteiger partial charge is 0.350 e. The van der Waals surface area contributed by atoms with Crippen LogP contribution in [0.3, 0.4) is 0 Å². The SMILES string of the molecule is O=C(Cn1cc([N+](=O)[O-])cn1)Nc1cnn(COCC(F)(F)F)c1. The van der Waals surface area contributed by atoms with Crippen LogP contribution in [0.1, 0.15) is 0 Å². The molecule has 0 fully saturated rings. The highest BCUT2D eigenvalue weighted by Crippen LogP contribution is 2.15. The van der Waals surface area contributed by atoms with Crippen molar-refractivity contribution < 1.29 is 27.6 Å². The second-order valence-corrected chi connectivity index (χ2v) is 4.56. The van der Waals surface area contributed by atoms with Crippen molar-refractivity contribution in [2.24, 2.45) is 0 Å². The number of carbonyl (C=O) groups excluding carboxylic acids is 1. The molecule has 2 aromatic rings. The van der Waals surface area contributed by atoms with E-state index in [-0.39, 0.29) is 17.9 Å². The fraction of sp³-hybridized carbons (Fsp3) is 0.364. The first kappa shape index (κ1) is 17.4. The van der Waals surface area contributed by atoms with Crippen LogP contribution in [0.5, 0.6) is 0 Å². The van der Waals surface area contributed by atoms with Crippen LogP contribution in [0.15, 0.2) is 24.8 Å². The number of carbonyl (C=O) groups is 1. The van der Waals surface area contributed by atoms with Gasteiger partial charge in [0.25, 0.3) is 0 Å². The summed E-state index contributed by atoms with van der Waals surface area (Å²) >= 11 is 0. The summed E-state index contributed by atoms with van der Waals surface area (Å²) < 4.78 is 42.3. The van der Waals surface area contributed by atoms with E-state index in [9.17, 15) is 28.1 Å². The average molecular weight is 348 g/mol. The summed E-state index contributed by atoms with van der Waals surface area (Å²) in [5.41, 5.74) is -0.0188. The van der Waals surface area contributed by atoms with Gasteiger partial charge in [-0.2, -0.15) is 23.4 Å². The van der Waals surface area contributed by atoms with Gasteiger partial charge in [-0.25, -0.2) is 4.68 Å². The molecule has 2 heterocycles. The number of aromatic nitrogens is 4. The lowest BCUT2D eigenvalue weighted by molar-refractivity contribution is -0.385. The molecule has 0 aromatic carbocycles. The van der Waals surface area contributed by atoms with Crippen molar-refractivity contribution in [1.82, 2.24) is 19.6 Å². The van der Waals surface area contributed by atoms with Crippen molar-refractivity contribution in [2.45, 2.75) is 19.5 Å². The van der Waals surface area contributed by atoms with Gasteiger partial charge < -0.3 is 10.1 Å². The molecule has 0 atom stereocenters. The summed E-state index contributed by atoms with van der Waals surface area (Å²) in [5.74, 6) is -0.538. The highest BCUT2D eigenvalue weighted by molar-refractivity contribution is 5.90. The van der Waals surface area contributed by atoms with Gasteiger partial charge in [0.1, 0.15) is 32.3 Å². The van der Waals surface area contributed by atoms with Crippen LogP contribution in [0, 0.1) is 10.1 Å². The normalized spacial score (nSPS) is 11.5. The van der Waals surface area contributed by atoms with E-state index >= 15 is 0 Å². The number of nitrogens with one attached hydrogen (secondary N) is 1. The van der Waals surface area contributed by atoms with Crippen molar-refractivity contribution in [2.75, 3.05) is 11.9 Å². The maximum absolute atomic E-state index is 11.9. The average Bonchev–Trinajstić information content (AvgIpc) is 3.07. The molecule has 0 bridgehead atoms. The Hall–Kier alpha value is -2.96. The van der Waals surface area contributed by atoms with Crippen LogP contribution in [-0.4, -0.2) is 43.2 Å². The van der Waals surface area contributed by atoms with Crippen molar-refractivity contribution in [3.63, 3.8) is 0 Å². The van der Waals surface area contributed by atoms with E-state index < -0.39 is 30.3 Å². The quantitative estimate of drug-likeness (QED) is 0.593. The maximum Gasteiger partial charge on any atom is 0.411 e. The number of ether oxygens (including phenoxy) is 1. The summed E-state index contributed by atoms with van der Waals surface area (Å²) in [4.78, 5) is 21.6. The molecule has 0 aliphatic heterocycles. The number of nitrogens with zero attached hydrogens (tertiary/aromatic N) is 5. The monoisotopic (exact) mass is 348 g/mol. The number of hydrogen-bond donors (Lipinski definition) is 1. The van der Waals surface area contributed by atoms with Crippen molar-refractivity contribution in [3.8, 4) is 0 Å². The molecule has 0 unspecified atom stereocenters. The minimum Gasteiger partial charge on any atom is -0.350 e. The van der Waals surface area contributed by atoms with Gasteiger partial charge in [-0.3, -0.25) is 19.6 Å². The fourth-order valence-corrected chi connectivity index (χ4v) is 1.63. The largest absolute Gasteiger partial charge is 0.411 e. The van der Waals surface area contributed by atoms with Crippen molar-refractivity contribution >= 4 is 17.3 Å². The number of hydrogen-bond acceptors (Lipinski definition) is 6. The van der Waals surface area contributed by atoms with Gasteiger partial charge in [0.15, 0.2) is 0 Å². The van der Waals surface area contributed by atoms with E-state index in [2.05, 4.69) is 20.3 Å². The van der Waals surface area contributed by atoms with E-state index in [0.29, 0.717) is 0 Å². The fourth-order valence-electron chi connectivity index (χ4n) is 1.63. The molecular weight excluding hydrogens is 337 g/mol. The number of amides is 1. The van der Waals surface area contributed by atoms with Crippen molar-refractivity contribution in [3.05, 3.63) is 34.9 Å². The van der Waals surface area contributed by atoms with E-state index in [1.165, 1.54) is 12.4 Å². The van der Waals surface area contributed by atoms with Gasteiger partial charge in [-0.05, 0) is 0 Å². The molecule has 0 radical (unpaired) electrons. The van der Waals surface area contributed by atoms with Gasteiger partial charge in [-0.1, -0.05) is 0 Å². The Morgan fingerprint density at radius 1 is 1.29 bits per heavy atom. The Labute approximate surface area is 132 Å². The molecule has 1 amide bonds. The second kappa shape index (κ2) is 7.08. The van der Waals surface area contributed by atoms with Crippen LogP contribution < -0.4 is 5.32 Å². The first-order valence-corrected chi connectivity index (χ1v) is 6.36. The standard InChI is InChI=1S/C11H11F3N6O4/c12-11(13,14)6-24-7-19-3-8(1-15-19)17-10(21)5-18-4-9(2-16-18)20(22)23/h1-4H,5-7H2,(H,17,21). The number of halogens is 3. The van der Waals surface area contributed by atoms with Gasteiger partial charge >= 0.3 is 11.9 Å². The Morgan fingerprint density at radius 3 is 2.62 bits per heavy atom. The molecule has 24 heavy (non-hydrogen) atoms. The third kappa shape index (κ3) is 5.35. The molecular formula is C11H11F3N6O4. The first-order chi connectivity index (χ1) is 11.2. The number of alkyl halides is 3. The third-order valence-corrected chi connectivity index (χ3v) is 2.54. The molecule has 1 N–H and O–H groups in total. The van der Waals surface area contributed by atoms with Crippen LogP contribution in [0.25, 0.3) is 0 Å². The van der Waals surface area contributed by atoms with E-state index in [1.807, 2.05) is 0 Å². The lowest BCUT2D eigenvalue weighted by atomic mass is 10.5. The number of nitro groups is 1. The highest BCUT2D eigenvalue weighted by atomic mass is 19.4. The minimum absolute atomic E-state index is 0.234. The van der Waals surface area contributed by atoms with Gasteiger partial charge in [-0.15, -0.1) is 0 Å². The van der Waals surface area contributed by atoms with E-state index in [1.54, 1.807) is 0 Å². The molecule has 2 aromatic heterocycles. The minimum atomic E-state index is -4.43. The molecule has 0 saturated heterocycles. The maximum atomic E-state index is 11.9. The highest BCUT2D eigenvalue weighted by Gasteiger charge is 2.27. The second-order valence-electron chi connectivity index (χ2n) is 4.56. The van der Waals surface area contributed by atoms with Gasteiger partial charge in [0, 0.05) is 0 Å². The summed E-state index contributed by atoms with van der Waals surface area (Å²) in [6, 6.07) is 0. The van der Waals surface area contributed by atoms with Crippen LogP contribution in [0.4, 0.5) is 24.5 Å². The molecule has 0 saturated carbocycles. The summed E-state index contributed by atoms with van der Waals surface area (Å²) in [6.07, 6.45) is 0.161. The molecule has 13 heteroatoms. The van der Waals surface area contributed by atoms with Crippen LogP contribution >= 0.6 is 0 Å². The zero-order chi connectivity index (χ0) is 17.7. The predicted molar refractivity (Wildman–Crippen MR) is 71.7 cm³/mol. The summed E-state index contributed by atoms with van der Waals surface area (Å²) in [5, 5.41) is 20.3.